The van der Waals surface area contributed by atoms with Crippen molar-refractivity contribution >= 4 is 11.5 Å². The number of Topliss-reactive ketones (excluding diaryl/α,β-unsaturated/α-hetero) is 1. The summed E-state index contributed by atoms with van der Waals surface area (Å²) in [6.07, 6.45) is 2.77. The Balaban J connectivity index is 2.15. The summed E-state index contributed by atoms with van der Waals surface area (Å²) in [5, 5.41) is 4.14. The van der Waals surface area contributed by atoms with Crippen LogP contribution in [-0.4, -0.2) is 34.6 Å². The summed E-state index contributed by atoms with van der Waals surface area (Å²) in [5.41, 5.74) is 1.73. The van der Waals surface area contributed by atoms with Crippen LogP contribution in [0.3, 0.4) is 0 Å². The minimum atomic E-state index is 0.0686. The van der Waals surface area contributed by atoms with Crippen LogP contribution in [0.15, 0.2) is 30.6 Å². The number of carbonyl (C=O) groups is 1. The van der Waals surface area contributed by atoms with Crippen LogP contribution >= 0.6 is 0 Å². The van der Waals surface area contributed by atoms with Crippen molar-refractivity contribution in [2.24, 2.45) is 0 Å². The van der Waals surface area contributed by atoms with Gasteiger partial charge in [0.2, 0.25) is 0 Å². The molecule has 106 valence electrons. The van der Waals surface area contributed by atoms with Crippen LogP contribution in [-0.2, 0) is 13.0 Å². The maximum absolute atomic E-state index is 12.3. The van der Waals surface area contributed by atoms with E-state index < -0.39 is 0 Å². The first-order valence-electron chi connectivity index (χ1n) is 6.79. The van der Waals surface area contributed by atoms with Crippen molar-refractivity contribution < 1.29 is 4.79 Å². The summed E-state index contributed by atoms with van der Waals surface area (Å²) in [4.78, 5) is 18.5. The number of anilines is 1. The fraction of sp³-hybridized carbons (Fsp3) is 0.400. The third-order valence-corrected chi connectivity index (χ3v) is 3.13. The standard InChI is InChI=1S/C15H20N4O/c1-4-8-19-15(16-11-17-19)10-14(20)12-6-5-7-13(9-12)18(2)3/h5-7,9,11H,4,8,10H2,1-3H3. The smallest absolute Gasteiger partial charge is 0.170 e. The quantitative estimate of drug-likeness (QED) is 0.756. The number of aromatic nitrogens is 3. The van der Waals surface area contributed by atoms with Crippen molar-refractivity contribution in [1.29, 1.82) is 0 Å². The van der Waals surface area contributed by atoms with Crippen LogP contribution in [0.4, 0.5) is 5.69 Å². The van der Waals surface area contributed by atoms with Crippen molar-refractivity contribution in [3.05, 3.63) is 42.0 Å². The fourth-order valence-corrected chi connectivity index (χ4v) is 2.03. The van der Waals surface area contributed by atoms with E-state index in [1.807, 2.05) is 43.3 Å². The van der Waals surface area contributed by atoms with E-state index in [2.05, 4.69) is 17.0 Å². The first-order chi connectivity index (χ1) is 9.61. The third kappa shape index (κ3) is 3.23. The molecule has 0 spiro atoms. The molecule has 20 heavy (non-hydrogen) atoms. The van der Waals surface area contributed by atoms with E-state index in [9.17, 15) is 4.79 Å². The van der Waals surface area contributed by atoms with Gasteiger partial charge in [0.15, 0.2) is 5.78 Å². The van der Waals surface area contributed by atoms with E-state index in [0.717, 1.165) is 24.5 Å². The lowest BCUT2D eigenvalue weighted by molar-refractivity contribution is 0.0989. The van der Waals surface area contributed by atoms with Gasteiger partial charge in [0.05, 0.1) is 6.42 Å². The number of nitrogens with zero attached hydrogens (tertiary/aromatic N) is 4. The van der Waals surface area contributed by atoms with E-state index >= 15 is 0 Å². The monoisotopic (exact) mass is 272 g/mol. The molecular weight excluding hydrogens is 252 g/mol. The molecule has 0 aliphatic heterocycles. The second-order valence-electron chi connectivity index (χ2n) is 4.94. The number of hydrogen-bond donors (Lipinski definition) is 0. The van der Waals surface area contributed by atoms with E-state index in [1.54, 1.807) is 4.68 Å². The molecule has 0 aliphatic carbocycles. The van der Waals surface area contributed by atoms with E-state index in [-0.39, 0.29) is 12.2 Å². The average Bonchev–Trinajstić information content (AvgIpc) is 2.86. The van der Waals surface area contributed by atoms with Gasteiger partial charge in [-0.05, 0) is 18.6 Å². The molecule has 0 radical (unpaired) electrons. The Hall–Kier alpha value is -2.17. The Morgan fingerprint density at radius 1 is 1.35 bits per heavy atom. The molecule has 2 aromatic rings. The molecule has 0 amide bonds. The highest BCUT2D eigenvalue weighted by Gasteiger charge is 2.12. The van der Waals surface area contributed by atoms with Crippen LogP contribution in [0, 0.1) is 0 Å². The first kappa shape index (κ1) is 14.2. The Kier molecular flexibility index (Phi) is 4.50. The minimum Gasteiger partial charge on any atom is -0.378 e. The Bertz CT molecular complexity index is 589. The molecule has 0 unspecified atom stereocenters. The molecule has 0 atom stereocenters. The Morgan fingerprint density at radius 3 is 2.85 bits per heavy atom. The summed E-state index contributed by atoms with van der Waals surface area (Å²) in [6, 6.07) is 7.63. The van der Waals surface area contributed by atoms with Gasteiger partial charge in [0.1, 0.15) is 12.2 Å². The zero-order chi connectivity index (χ0) is 14.5. The number of benzene rings is 1. The lowest BCUT2D eigenvalue weighted by Gasteiger charge is -2.13. The largest absolute Gasteiger partial charge is 0.378 e. The molecule has 0 saturated carbocycles. The summed E-state index contributed by atoms with van der Waals surface area (Å²) >= 11 is 0. The molecule has 0 bridgehead atoms. The number of carbonyl (C=O) groups excluding carboxylic acids is 1. The molecule has 5 heteroatoms. The number of aryl methyl sites for hydroxylation is 1. The van der Waals surface area contributed by atoms with E-state index in [1.165, 1.54) is 6.33 Å². The highest BCUT2D eigenvalue weighted by atomic mass is 16.1. The van der Waals surface area contributed by atoms with Gasteiger partial charge >= 0.3 is 0 Å². The highest BCUT2D eigenvalue weighted by Crippen LogP contribution is 2.15. The van der Waals surface area contributed by atoms with Crippen molar-refractivity contribution in [2.45, 2.75) is 26.3 Å². The lowest BCUT2D eigenvalue weighted by atomic mass is 10.1. The van der Waals surface area contributed by atoms with Gasteiger partial charge < -0.3 is 4.90 Å². The van der Waals surface area contributed by atoms with Crippen molar-refractivity contribution in [2.75, 3.05) is 19.0 Å². The third-order valence-electron chi connectivity index (χ3n) is 3.13. The molecule has 1 aromatic heterocycles. The molecule has 1 aromatic carbocycles. The molecule has 0 N–H and O–H groups in total. The molecule has 0 fully saturated rings. The topological polar surface area (TPSA) is 51.0 Å². The second kappa shape index (κ2) is 6.32. The number of hydrogen-bond acceptors (Lipinski definition) is 4. The van der Waals surface area contributed by atoms with Crippen molar-refractivity contribution in [3.8, 4) is 0 Å². The van der Waals surface area contributed by atoms with Crippen LogP contribution in [0.2, 0.25) is 0 Å². The molecular formula is C15H20N4O. The van der Waals surface area contributed by atoms with Gasteiger partial charge in [-0.15, -0.1) is 0 Å². The minimum absolute atomic E-state index is 0.0686. The van der Waals surface area contributed by atoms with E-state index in [0.29, 0.717) is 5.56 Å². The van der Waals surface area contributed by atoms with Gasteiger partial charge in [-0.2, -0.15) is 5.10 Å². The van der Waals surface area contributed by atoms with Crippen molar-refractivity contribution in [3.63, 3.8) is 0 Å². The normalized spacial score (nSPS) is 10.6. The zero-order valence-electron chi connectivity index (χ0n) is 12.2. The maximum Gasteiger partial charge on any atom is 0.170 e. The SMILES string of the molecule is CCCn1ncnc1CC(=O)c1cccc(N(C)C)c1. The number of rotatable bonds is 6. The van der Waals surface area contributed by atoms with Gasteiger partial charge in [-0.25, -0.2) is 9.67 Å². The summed E-state index contributed by atoms with van der Waals surface area (Å²) in [6.45, 7) is 2.87. The number of ketones is 1. The maximum atomic E-state index is 12.3. The Morgan fingerprint density at radius 2 is 2.15 bits per heavy atom. The van der Waals surface area contributed by atoms with Crippen LogP contribution in [0.5, 0.6) is 0 Å². The summed E-state index contributed by atoms with van der Waals surface area (Å²) in [7, 11) is 3.92. The second-order valence-corrected chi connectivity index (χ2v) is 4.94. The molecule has 5 nitrogen and oxygen atoms in total. The Labute approximate surface area is 119 Å². The molecule has 0 aliphatic rings. The van der Waals surface area contributed by atoms with Gasteiger partial charge in [0, 0.05) is 31.9 Å². The van der Waals surface area contributed by atoms with E-state index in [4.69, 9.17) is 0 Å². The average molecular weight is 272 g/mol. The van der Waals surface area contributed by atoms with Crippen LogP contribution in [0.1, 0.15) is 29.5 Å². The van der Waals surface area contributed by atoms with Crippen molar-refractivity contribution in [1.82, 2.24) is 14.8 Å². The van der Waals surface area contributed by atoms with Crippen LogP contribution < -0.4 is 4.90 Å². The zero-order valence-corrected chi connectivity index (χ0v) is 12.2. The van der Waals surface area contributed by atoms with Crippen LogP contribution in [0.25, 0.3) is 0 Å². The van der Waals surface area contributed by atoms with Gasteiger partial charge in [-0.1, -0.05) is 19.1 Å². The highest BCUT2D eigenvalue weighted by molar-refractivity contribution is 5.97. The predicted molar refractivity (Wildman–Crippen MR) is 79.1 cm³/mol. The first-order valence-corrected chi connectivity index (χ1v) is 6.79. The lowest BCUT2D eigenvalue weighted by Crippen LogP contribution is -2.13. The van der Waals surface area contributed by atoms with Gasteiger partial charge in [-0.3, -0.25) is 4.79 Å². The van der Waals surface area contributed by atoms with Gasteiger partial charge in [0.25, 0.3) is 0 Å². The predicted octanol–water partition coefficient (Wildman–Crippen LogP) is 2.18. The fourth-order valence-electron chi connectivity index (χ4n) is 2.03. The summed E-state index contributed by atoms with van der Waals surface area (Å²) < 4.78 is 1.80. The molecule has 2 rings (SSSR count). The molecule has 1 heterocycles. The summed E-state index contributed by atoms with van der Waals surface area (Å²) in [5.74, 6) is 0.797. The molecule has 0 saturated heterocycles.